The molecule has 0 radical (unpaired) electrons. The minimum atomic E-state index is 0.335. The Morgan fingerprint density at radius 1 is 1.47 bits per heavy atom. The lowest BCUT2D eigenvalue weighted by molar-refractivity contribution is 0.406. The maximum absolute atomic E-state index is 10.3. The first-order valence-electron chi connectivity index (χ1n) is 4.94. The molecule has 86 valence electrons. The fourth-order valence-electron chi connectivity index (χ4n) is 1.54. The van der Waals surface area contributed by atoms with E-state index in [0.29, 0.717) is 22.8 Å². The highest BCUT2D eigenvalue weighted by atomic mass is 16.5. The van der Waals surface area contributed by atoms with Crippen molar-refractivity contribution in [2.75, 3.05) is 7.11 Å². The number of aromatic nitrogens is 1. The number of ether oxygens (including phenoxy) is 1. The molecule has 2 aromatic rings. The molecule has 0 aliphatic rings. The van der Waals surface area contributed by atoms with E-state index >= 15 is 0 Å². The van der Waals surface area contributed by atoms with Crippen molar-refractivity contribution in [3.05, 3.63) is 30.0 Å². The second-order valence-electron chi connectivity index (χ2n) is 3.45. The lowest BCUT2D eigenvalue weighted by Gasteiger charge is -2.06. The zero-order valence-electron chi connectivity index (χ0n) is 9.43. The van der Waals surface area contributed by atoms with Crippen LogP contribution < -0.4 is 4.74 Å². The lowest BCUT2D eigenvalue weighted by atomic mass is 10.1. The number of hydrogen-bond acceptors (Lipinski definition) is 5. The molecule has 0 saturated carbocycles. The number of isocyanates is 1. The van der Waals surface area contributed by atoms with Crippen molar-refractivity contribution in [1.29, 1.82) is 0 Å². The van der Waals surface area contributed by atoms with Crippen molar-refractivity contribution in [2.45, 2.75) is 6.92 Å². The fourth-order valence-corrected chi connectivity index (χ4v) is 1.54. The Hall–Kier alpha value is -2.39. The average Bonchev–Trinajstić information content (AvgIpc) is 2.77. The molecule has 0 bridgehead atoms. The number of methoxy groups -OCH3 is 1. The maximum atomic E-state index is 10.3. The van der Waals surface area contributed by atoms with Crippen LogP contribution in [-0.2, 0) is 4.79 Å². The Morgan fingerprint density at radius 2 is 2.29 bits per heavy atom. The quantitative estimate of drug-likeness (QED) is 0.600. The molecule has 0 amide bonds. The molecule has 5 heteroatoms. The van der Waals surface area contributed by atoms with Gasteiger partial charge in [-0.3, -0.25) is 0 Å². The monoisotopic (exact) mass is 230 g/mol. The zero-order valence-corrected chi connectivity index (χ0v) is 9.43. The van der Waals surface area contributed by atoms with Crippen LogP contribution in [0.15, 0.2) is 33.9 Å². The van der Waals surface area contributed by atoms with Gasteiger partial charge in [0.15, 0.2) is 5.76 Å². The SMILES string of the molecule is COc1cc(C)ccc1-c1oncc1N=C=O. The molecular formula is C12H10N2O3. The summed E-state index contributed by atoms with van der Waals surface area (Å²) >= 11 is 0. The van der Waals surface area contributed by atoms with Crippen molar-refractivity contribution >= 4 is 11.8 Å². The van der Waals surface area contributed by atoms with Crippen molar-refractivity contribution in [1.82, 2.24) is 5.16 Å². The summed E-state index contributed by atoms with van der Waals surface area (Å²) in [5.41, 5.74) is 2.09. The van der Waals surface area contributed by atoms with E-state index in [1.165, 1.54) is 12.3 Å². The lowest BCUT2D eigenvalue weighted by Crippen LogP contribution is -1.88. The Balaban J connectivity index is 2.59. The smallest absolute Gasteiger partial charge is 0.240 e. The summed E-state index contributed by atoms with van der Waals surface area (Å²) < 4.78 is 10.3. The first kappa shape index (κ1) is 11.1. The van der Waals surface area contributed by atoms with Crippen molar-refractivity contribution in [3.63, 3.8) is 0 Å². The van der Waals surface area contributed by atoms with Gasteiger partial charge in [-0.15, -0.1) is 0 Å². The van der Waals surface area contributed by atoms with Gasteiger partial charge >= 0.3 is 0 Å². The van der Waals surface area contributed by atoms with E-state index in [1.54, 1.807) is 7.11 Å². The molecule has 1 aromatic heterocycles. The molecule has 17 heavy (non-hydrogen) atoms. The van der Waals surface area contributed by atoms with Gasteiger partial charge in [-0.1, -0.05) is 11.2 Å². The van der Waals surface area contributed by atoms with Crippen LogP contribution in [0.4, 0.5) is 5.69 Å². The first-order valence-corrected chi connectivity index (χ1v) is 4.94. The van der Waals surface area contributed by atoms with Gasteiger partial charge in [0.1, 0.15) is 11.4 Å². The molecule has 0 saturated heterocycles. The van der Waals surface area contributed by atoms with E-state index in [4.69, 9.17) is 9.26 Å². The number of nitrogens with zero attached hydrogens (tertiary/aromatic N) is 2. The normalized spacial score (nSPS) is 9.76. The molecule has 0 unspecified atom stereocenters. The fraction of sp³-hybridized carbons (Fsp3) is 0.167. The van der Waals surface area contributed by atoms with Gasteiger partial charge < -0.3 is 9.26 Å². The van der Waals surface area contributed by atoms with Crippen LogP contribution in [0.1, 0.15) is 5.56 Å². The third-order valence-electron chi connectivity index (χ3n) is 2.32. The highest BCUT2D eigenvalue weighted by molar-refractivity contribution is 5.76. The van der Waals surface area contributed by atoms with Gasteiger partial charge in [-0.2, -0.15) is 4.99 Å². The van der Waals surface area contributed by atoms with E-state index in [2.05, 4.69) is 10.1 Å². The van der Waals surface area contributed by atoms with Crippen LogP contribution in [0, 0.1) is 6.92 Å². The van der Waals surface area contributed by atoms with E-state index in [9.17, 15) is 4.79 Å². The highest BCUT2D eigenvalue weighted by Crippen LogP contribution is 2.36. The van der Waals surface area contributed by atoms with Crippen LogP contribution in [0.25, 0.3) is 11.3 Å². The Bertz CT molecular complexity index is 583. The molecule has 0 aliphatic carbocycles. The van der Waals surface area contributed by atoms with Crippen LogP contribution >= 0.6 is 0 Å². The number of rotatable bonds is 3. The Labute approximate surface area is 97.7 Å². The number of aliphatic imine (C=N–C) groups is 1. The summed E-state index contributed by atoms with van der Waals surface area (Å²) in [7, 11) is 1.57. The Kier molecular flexibility index (Phi) is 3.03. The van der Waals surface area contributed by atoms with Crippen molar-refractivity contribution in [2.24, 2.45) is 4.99 Å². The number of hydrogen-bond donors (Lipinski definition) is 0. The van der Waals surface area contributed by atoms with Crippen LogP contribution in [-0.4, -0.2) is 18.3 Å². The van der Waals surface area contributed by atoms with Crippen LogP contribution in [0.3, 0.4) is 0 Å². The molecule has 1 heterocycles. The maximum Gasteiger partial charge on any atom is 0.240 e. The molecule has 0 aliphatic heterocycles. The van der Waals surface area contributed by atoms with Gasteiger partial charge in [0.2, 0.25) is 6.08 Å². The summed E-state index contributed by atoms with van der Waals surface area (Å²) in [6.07, 6.45) is 2.82. The van der Waals surface area contributed by atoms with Gasteiger partial charge in [-0.05, 0) is 24.6 Å². The molecule has 0 spiro atoms. The number of carbonyl (C=O) groups excluding carboxylic acids is 1. The van der Waals surface area contributed by atoms with Gasteiger partial charge in [0.05, 0.1) is 18.9 Å². The van der Waals surface area contributed by atoms with Gasteiger partial charge in [0, 0.05) is 0 Å². The van der Waals surface area contributed by atoms with E-state index in [0.717, 1.165) is 5.56 Å². The van der Waals surface area contributed by atoms with E-state index in [1.807, 2.05) is 25.1 Å². The second kappa shape index (κ2) is 4.63. The summed E-state index contributed by atoms with van der Waals surface area (Å²) in [5.74, 6) is 1.04. The van der Waals surface area contributed by atoms with Crippen LogP contribution in [0.5, 0.6) is 5.75 Å². The van der Waals surface area contributed by atoms with E-state index in [-0.39, 0.29) is 0 Å². The topological polar surface area (TPSA) is 64.7 Å². The zero-order chi connectivity index (χ0) is 12.3. The van der Waals surface area contributed by atoms with Gasteiger partial charge in [0.25, 0.3) is 0 Å². The summed E-state index contributed by atoms with van der Waals surface area (Å²) in [6, 6.07) is 5.61. The predicted octanol–water partition coefficient (Wildman–Crippen LogP) is 2.63. The highest BCUT2D eigenvalue weighted by Gasteiger charge is 2.15. The predicted molar refractivity (Wildman–Crippen MR) is 61.0 cm³/mol. The third-order valence-corrected chi connectivity index (χ3v) is 2.32. The largest absolute Gasteiger partial charge is 0.496 e. The van der Waals surface area contributed by atoms with Crippen molar-refractivity contribution in [3.8, 4) is 17.1 Å². The standard InChI is InChI=1S/C12H10N2O3/c1-8-3-4-9(11(5-8)16-2)12-10(13-7-15)6-14-17-12/h3-6H,1-2H3. The summed E-state index contributed by atoms with van der Waals surface area (Å²) in [6.45, 7) is 1.96. The Morgan fingerprint density at radius 3 is 3.00 bits per heavy atom. The average molecular weight is 230 g/mol. The van der Waals surface area contributed by atoms with Crippen molar-refractivity contribution < 1.29 is 14.1 Å². The summed E-state index contributed by atoms with van der Waals surface area (Å²) in [4.78, 5) is 13.8. The molecule has 2 rings (SSSR count). The third kappa shape index (κ3) is 2.09. The second-order valence-corrected chi connectivity index (χ2v) is 3.45. The number of benzene rings is 1. The molecule has 0 atom stereocenters. The summed E-state index contributed by atoms with van der Waals surface area (Å²) in [5, 5.41) is 3.61. The minimum Gasteiger partial charge on any atom is -0.496 e. The molecular weight excluding hydrogens is 220 g/mol. The molecule has 0 fully saturated rings. The van der Waals surface area contributed by atoms with E-state index < -0.39 is 0 Å². The molecule has 1 aromatic carbocycles. The van der Waals surface area contributed by atoms with Crippen LogP contribution in [0.2, 0.25) is 0 Å². The van der Waals surface area contributed by atoms with Gasteiger partial charge in [-0.25, -0.2) is 4.79 Å². The minimum absolute atomic E-state index is 0.335. The first-order chi connectivity index (χ1) is 8.26. The molecule has 0 N–H and O–H groups in total. The molecule has 5 nitrogen and oxygen atoms in total. The number of aryl methyl sites for hydroxylation is 1.